The fraction of sp³-hybridized carbons (Fsp3) is 0.545. The van der Waals surface area contributed by atoms with Crippen molar-refractivity contribution < 1.29 is 9.90 Å². The van der Waals surface area contributed by atoms with Gasteiger partial charge in [-0.15, -0.1) is 0 Å². The second-order valence-electron chi connectivity index (χ2n) is 4.21. The first-order valence-corrected chi connectivity index (χ1v) is 5.28. The molecule has 0 saturated carbocycles. The Morgan fingerprint density at radius 1 is 1.56 bits per heavy atom. The number of hydrogen-bond acceptors (Lipinski definition) is 4. The van der Waals surface area contributed by atoms with Crippen molar-refractivity contribution in [2.45, 2.75) is 32.7 Å². The van der Waals surface area contributed by atoms with Gasteiger partial charge in [-0.25, -0.2) is 9.97 Å². The van der Waals surface area contributed by atoms with E-state index in [-0.39, 0.29) is 6.42 Å². The molecule has 0 spiro atoms. The lowest BCUT2D eigenvalue weighted by Crippen LogP contribution is -2.18. The van der Waals surface area contributed by atoms with Gasteiger partial charge in [-0.3, -0.25) is 4.79 Å². The SMILES string of the molecule is CC(C)Cc1ccnc(C(N)CC(=O)O)n1. The molecule has 16 heavy (non-hydrogen) atoms. The van der Waals surface area contributed by atoms with Gasteiger partial charge >= 0.3 is 5.97 Å². The summed E-state index contributed by atoms with van der Waals surface area (Å²) < 4.78 is 0. The lowest BCUT2D eigenvalue weighted by molar-refractivity contribution is -0.137. The molecule has 0 aliphatic carbocycles. The summed E-state index contributed by atoms with van der Waals surface area (Å²) in [4.78, 5) is 18.8. The largest absolute Gasteiger partial charge is 0.481 e. The van der Waals surface area contributed by atoms with E-state index in [1.165, 1.54) is 0 Å². The average Bonchev–Trinajstić information content (AvgIpc) is 2.16. The Bertz CT molecular complexity index is 366. The lowest BCUT2D eigenvalue weighted by Gasteiger charge is -2.09. The van der Waals surface area contributed by atoms with Crippen LogP contribution >= 0.6 is 0 Å². The predicted octanol–water partition coefficient (Wildman–Crippen LogP) is 1.15. The maximum atomic E-state index is 10.5. The third-order valence-electron chi connectivity index (χ3n) is 2.08. The summed E-state index contributed by atoms with van der Waals surface area (Å²) in [7, 11) is 0. The van der Waals surface area contributed by atoms with Crippen LogP contribution in [-0.2, 0) is 11.2 Å². The lowest BCUT2D eigenvalue weighted by atomic mass is 10.1. The van der Waals surface area contributed by atoms with Crippen molar-refractivity contribution in [3.05, 3.63) is 23.8 Å². The zero-order valence-electron chi connectivity index (χ0n) is 9.55. The Hall–Kier alpha value is -1.49. The highest BCUT2D eigenvalue weighted by molar-refractivity contribution is 5.67. The topological polar surface area (TPSA) is 89.1 Å². The first-order chi connectivity index (χ1) is 7.49. The summed E-state index contributed by atoms with van der Waals surface area (Å²) in [6.45, 7) is 4.19. The van der Waals surface area contributed by atoms with Crippen LogP contribution in [0.3, 0.4) is 0 Å². The number of rotatable bonds is 5. The van der Waals surface area contributed by atoms with Gasteiger partial charge in [0, 0.05) is 11.9 Å². The molecule has 3 N–H and O–H groups in total. The van der Waals surface area contributed by atoms with Gasteiger partial charge in [0.1, 0.15) is 5.82 Å². The maximum absolute atomic E-state index is 10.5. The minimum absolute atomic E-state index is 0.148. The van der Waals surface area contributed by atoms with E-state index in [0.717, 1.165) is 12.1 Å². The molecule has 0 amide bonds. The first-order valence-electron chi connectivity index (χ1n) is 5.28. The molecule has 5 heteroatoms. The highest BCUT2D eigenvalue weighted by Gasteiger charge is 2.13. The summed E-state index contributed by atoms with van der Waals surface area (Å²) in [6.07, 6.45) is 2.32. The number of carboxylic acids is 1. The minimum Gasteiger partial charge on any atom is -0.481 e. The number of hydrogen-bond donors (Lipinski definition) is 2. The van der Waals surface area contributed by atoms with E-state index in [1.54, 1.807) is 6.20 Å². The number of aliphatic carboxylic acids is 1. The van der Waals surface area contributed by atoms with E-state index in [0.29, 0.717) is 11.7 Å². The highest BCUT2D eigenvalue weighted by atomic mass is 16.4. The summed E-state index contributed by atoms with van der Waals surface area (Å²) >= 11 is 0. The van der Waals surface area contributed by atoms with Crippen LogP contribution in [0, 0.1) is 5.92 Å². The number of carbonyl (C=O) groups is 1. The summed E-state index contributed by atoms with van der Waals surface area (Å²) in [6, 6.07) is 1.20. The van der Waals surface area contributed by atoms with E-state index in [9.17, 15) is 4.79 Å². The molecule has 1 atom stereocenters. The Labute approximate surface area is 94.7 Å². The van der Waals surface area contributed by atoms with Crippen molar-refractivity contribution in [1.82, 2.24) is 9.97 Å². The number of nitrogens with two attached hydrogens (primary N) is 1. The molecule has 1 rings (SSSR count). The van der Waals surface area contributed by atoms with E-state index >= 15 is 0 Å². The molecular weight excluding hydrogens is 206 g/mol. The molecule has 1 aromatic heterocycles. The predicted molar refractivity (Wildman–Crippen MR) is 59.8 cm³/mol. The molecule has 0 aliphatic heterocycles. The van der Waals surface area contributed by atoms with Crippen LogP contribution in [-0.4, -0.2) is 21.0 Å². The van der Waals surface area contributed by atoms with E-state index in [2.05, 4.69) is 23.8 Å². The average molecular weight is 223 g/mol. The second-order valence-corrected chi connectivity index (χ2v) is 4.21. The Morgan fingerprint density at radius 3 is 2.81 bits per heavy atom. The third kappa shape index (κ3) is 3.94. The van der Waals surface area contributed by atoms with Crippen LogP contribution in [0.1, 0.15) is 37.8 Å². The molecule has 0 radical (unpaired) electrons. The fourth-order valence-corrected chi connectivity index (χ4v) is 1.40. The van der Waals surface area contributed by atoms with Gasteiger partial charge in [0.05, 0.1) is 12.5 Å². The quantitative estimate of drug-likeness (QED) is 0.781. The molecule has 1 unspecified atom stereocenters. The molecule has 0 saturated heterocycles. The van der Waals surface area contributed by atoms with E-state index in [4.69, 9.17) is 10.8 Å². The maximum Gasteiger partial charge on any atom is 0.305 e. The van der Waals surface area contributed by atoms with Crippen molar-refractivity contribution in [2.75, 3.05) is 0 Å². The van der Waals surface area contributed by atoms with Crippen LogP contribution < -0.4 is 5.73 Å². The van der Waals surface area contributed by atoms with Crippen LogP contribution in [0.15, 0.2) is 12.3 Å². The molecule has 0 aromatic carbocycles. The minimum atomic E-state index is -0.939. The van der Waals surface area contributed by atoms with Gasteiger partial charge in [-0.05, 0) is 18.4 Å². The van der Waals surface area contributed by atoms with Gasteiger partial charge in [-0.2, -0.15) is 0 Å². The van der Waals surface area contributed by atoms with Gasteiger partial charge < -0.3 is 10.8 Å². The molecule has 88 valence electrons. The first kappa shape index (κ1) is 12.6. The number of aromatic nitrogens is 2. The van der Waals surface area contributed by atoms with Crippen LogP contribution in [0.2, 0.25) is 0 Å². The molecule has 5 nitrogen and oxygen atoms in total. The molecule has 1 heterocycles. The molecular formula is C11H17N3O2. The van der Waals surface area contributed by atoms with Crippen LogP contribution in [0.25, 0.3) is 0 Å². The number of carboxylic acid groups (broad SMARTS) is 1. The second kappa shape index (κ2) is 5.55. The standard InChI is InChI=1S/C11H17N3O2/c1-7(2)5-8-3-4-13-11(14-8)9(12)6-10(15)16/h3-4,7,9H,5-6,12H2,1-2H3,(H,15,16). The zero-order chi connectivity index (χ0) is 12.1. The molecule has 0 fully saturated rings. The molecule has 1 aromatic rings. The van der Waals surface area contributed by atoms with Crippen molar-refractivity contribution in [3.8, 4) is 0 Å². The Balaban J connectivity index is 2.77. The summed E-state index contributed by atoms with van der Waals surface area (Å²) in [5, 5.41) is 8.62. The van der Waals surface area contributed by atoms with Gasteiger partial charge in [0.2, 0.25) is 0 Å². The normalized spacial score (nSPS) is 12.8. The molecule has 0 bridgehead atoms. The van der Waals surface area contributed by atoms with Crippen LogP contribution in [0.4, 0.5) is 0 Å². The van der Waals surface area contributed by atoms with Crippen molar-refractivity contribution in [3.63, 3.8) is 0 Å². The Morgan fingerprint density at radius 2 is 2.25 bits per heavy atom. The van der Waals surface area contributed by atoms with Gasteiger partial charge in [0.25, 0.3) is 0 Å². The van der Waals surface area contributed by atoms with Gasteiger partial charge in [0.15, 0.2) is 0 Å². The smallest absolute Gasteiger partial charge is 0.305 e. The highest BCUT2D eigenvalue weighted by Crippen LogP contribution is 2.11. The Kier molecular flexibility index (Phi) is 4.37. The summed E-state index contributed by atoms with van der Waals surface area (Å²) in [5.74, 6) is -0.0376. The van der Waals surface area contributed by atoms with Gasteiger partial charge in [-0.1, -0.05) is 13.8 Å². The zero-order valence-corrected chi connectivity index (χ0v) is 9.55. The van der Waals surface area contributed by atoms with E-state index in [1.807, 2.05) is 6.07 Å². The van der Waals surface area contributed by atoms with Crippen molar-refractivity contribution >= 4 is 5.97 Å². The fourth-order valence-electron chi connectivity index (χ4n) is 1.40. The van der Waals surface area contributed by atoms with Crippen molar-refractivity contribution in [1.29, 1.82) is 0 Å². The van der Waals surface area contributed by atoms with Crippen molar-refractivity contribution in [2.24, 2.45) is 11.7 Å². The molecule has 0 aliphatic rings. The third-order valence-corrected chi connectivity index (χ3v) is 2.08. The van der Waals surface area contributed by atoms with E-state index < -0.39 is 12.0 Å². The summed E-state index contributed by atoms with van der Waals surface area (Å²) in [5.41, 5.74) is 6.59. The monoisotopic (exact) mass is 223 g/mol. The number of nitrogens with zero attached hydrogens (tertiary/aromatic N) is 2. The van der Waals surface area contributed by atoms with Crippen LogP contribution in [0.5, 0.6) is 0 Å².